The summed E-state index contributed by atoms with van der Waals surface area (Å²) in [5.74, 6) is 1.46. The maximum atomic E-state index is 12.1. The third-order valence-electron chi connectivity index (χ3n) is 4.37. The van der Waals surface area contributed by atoms with Crippen LogP contribution in [0, 0.1) is 11.3 Å². The highest BCUT2D eigenvalue weighted by atomic mass is 35.5. The van der Waals surface area contributed by atoms with Gasteiger partial charge < -0.3 is 30.0 Å². The fourth-order valence-corrected chi connectivity index (χ4v) is 2.85. The van der Waals surface area contributed by atoms with Gasteiger partial charge in [0.25, 0.3) is 0 Å². The van der Waals surface area contributed by atoms with E-state index in [0.717, 1.165) is 0 Å². The molecular formula is C22H26ClN3O5. The summed E-state index contributed by atoms with van der Waals surface area (Å²) in [5, 5.41) is 12.1. The van der Waals surface area contributed by atoms with Crippen molar-refractivity contribution in [1.82, 2.24) is 0 Å². The molecule has 0 fully saturated rings. The molecule has 1 amide bonds. The Kier molecular flexibility index (Phi) is 9.67. The Labute approximate surface area is 187 Å². The van der Waals surface area contributed by atoms with Crippen molar-refractivity contribution >= 4 is 29.6 Å². The monoisotopic (exact) mass is 447 g/mol. The lowest BCUT2D eigenvalue weighted by Gasteiger charge is -2.17. The van der Waals surface area contributed by atoms with Gasteiger partial charge in [0.1, 0.15) is 5.75 Å². The Morgan fingerprint density at radius 3 is 2.03 bits per heavy atom. The number of nitriles is 1. The van der Waals surface area contributed by atoms with Crippen LogP contribution in [-0.2, 0) is 4.79 Å². The Hall–Kier alpha value is -3.41. The van der Waals surface area contributed by atoms with Gasteiger partial charge in [-0.15, -0.1) is 12.4 Å². The van der Waals surface area contributed by atoms with Crippen molar-refractivity contribution in [2.75, 3.05) is 33.8 Å². The first-order chi connectivity index (χ1) is 14.4. The highest BCUT2D eigenvalue weighted by Gasteiger charge is 2.18. The number of carbonyl (C=O) groups is 1. The predicted octanol–water partition coefficient (Wildman–Crippen LogP) is 3.38. The molecule has 1 atom stereocenters. The second-order valence-electron chi connectivity index (χ2n) is 6.29. The molecule has 8 nitrogen and oxygen atoms in total. The minimum absolute atomic E-state index is 0. The molecule has 0 spiro atoms. The van der Waals surface area contributed by atoms with Crippen molar-refractivity contribution < 1.29 is 23.7 Å². The zero-order chi connectivity index (χ0) is 22.3. The van der Waals surface area contributed by atoms with Gasteiger partial charge in [-0.05, 0) is 47.9 Å². The van der Waals surface area contributed by atoms with Crippen LogP contribution in [0.15, 0.2) is 36.4 Å². The molecule has 0 aromatic heterocycles. The summed E-state index contributed by atoms with van der Waals surface area (Å²) >= 11 is 0. The van der Waals surface area contributed by atoms with Crippen LogP contribution in [0.2, 0.25) is 0 Å². The highest BCUT2D eigenvalue weighted by molar-refractivity contribution is 5.96. The molecule has 3 N–H and O–H groups in total. The molecule has 0 unspecified atom stereocenters. The average Bonchev–Trinajstić information content (AvgIpc) is 2.76. The van der Waals surface area contributed by atoms with E-state index in [9.17, 15) is 10.1 Å². The molecule has 0 saturated heterocycles. The zero-order valence-electron chi connectivity index (χ0n) is 18.0. The van der Waals surface area contributed by atoms with Crippen LogP contribution in [0.3, 0.4) is 0 Å². The number of carbonyl (C=O) groups excluding carboxylic acids is 1. The first-order valence-corrected chi connectivity index (χ1v) is 9.05. The molecule has 2 rings (SSSR count). The molecule has 0 aliphatic carbocycles. The van der Waals surface area contributed by atoms with Crippen LogP contribution in [-0.4, -0.2) is 40.4 Å². The van der Waals surface area contributed by atoms with Gasteiger partial charge in [0.2, 0.25) is 11.7 Å². The first-order valence-electron chi connectivity index (χ1n) is 9.05. The number of nitrogens with two attached hydrogens (primary N) is 1. The molecule has 2 aromatic carbocycles. The van der Waals surface area contributed by atoms with Crippen molar-refractivity contribution in [3.63, 3.8) is 0 Å². The van der Waals surface area contributed by atoms with E-state index in [1.165, 1.54) is 34.5 Å². The van der Waals surface area contributed by atoms with E-state index in [-0.39, 0.29) is 18.3 Å². The number of benzene rings is 2. The number of anilines is 1. The summed E-state index contributed by atoms with van der Waals surface area (Å²) in [4.78, 5) is 12.1. The molecule has 166 valence electrons. The lowest BCUT2D eigenvalue weighted by atomic mass is 9.96. The van der Waals surface area contributed by atoms with E-state index >= 15 is 0 Å². The van der Waals surface area contributed by atoms with E-state index in [0.29, 0.717) is 45.4 Å². The lowest BCUT2D eigenvalue weighted by molar-refractivity contribution is -0.117. The number of rotatable bonds is 8. The van der Waals surface area contributed by atoms with E-state index in [1.54, 1.807) is 37.3 Å². The summed E-state index contributed by atoms with van der Waals surface area (Å²) in [7, 11) is 6.05. The summed E-state index contributed by atoms with van der Waals surface area (Å²) in [5.41, 5.74) is 8.03. The van der Waals surface area contributed by atoms with Gasteiger partial charge in [0.15, 0.2) is 11.5 Å². The van der Waals surface area contributed by atoms with Crippen molar-refractivity contribution in [3.8, 4) is 29.1 Å². The number of ether oxygens (including phenoxy) is 4. The Morgan fingerprint density at radius 2 is 1.58 bits per heavy atom. The number of halogens is 1. The van der Waals surface area contributed by atoms with Crippen molar-refractivity contribution in [1.29, 1.82) is 5.26 Å². The van der Waals surface area contributed by atoms with Crippen LogP contribution in [0.5, 0.6) is 23.0 Å². The Bertz CT molecular complexity index is 974. The number of nitrogens with zero attached hydrogens (tertiary/aromatic N) is 1. The van der Waals surface area contributed by atoms with Crippen LogP contribution in [0.1, 0.15) is 18.1 Å². The van der Waals surface area contributed by atoms with E-state index < -0.39 is 6.04 Å². The van der Waals surface area contributed by atoms with Crippen molar-refractivity contribution in [3.05, 3.63) is 47.5 Å². The van der Waals surface area contributed by atoms with Crippen LogP contribution in [0.4, 0.5) is 5.69 Å². The molecular weight excluding hydrogens is 422 g/mol. The highest BCUT2D eigenvalue weighted by Crippen LogP contribution is 2.41. The molecule has 0 bridgehead atoms. The SMILES string of the molecule is COc1ccc(C(=CC#N)c2cc(OC)c(OC)c(OC)c2)cc1NC(=O)[C@H](C)N.Cl. The van der Waals surface area contributed by atoms with Gasteiger partial charge >= 0.3 is 0 Å². The molecule has 0 aliphatic heterocycles. The number of allylic oxidation sites excluding steroid dienone is 1. The molecule has 9 heteroatoms. The average molecular weight is 448 g/mol. The molecule has 0 heterocycles. The Balaban J connectivity index is 0.00000480. The normalized spacial score (nSPS) is 11.5. The maximum Gasteiger partial charge on any atom is 0.241 e. The van der Waals surface area contributed by atoms with Crippen molar-refractivity contribution in [2.24, 2.45) is 5.73 Å². The van der Waals surface area contributed by atoms with Gasteiger partial charge in [0, 0.05) is 6.08 Å². The quantitative estimate of drug-likeness (QED) is 0.596. The molecule has 0 aliphatic rings. The largest absolute Gasteiger partial charge is 0.495 e. The van der Waals surface area contributed by atoms with Crippen LogP contribution < -0.4 is 30.0 Å². The second kappa shape index (κ2) is 11.7. The summed E-state index contributed by atoms with van der Waals surface area (Å²) in [6.07, 6.45) is 1.40. The Morgan fingerprint density at radius 1 is 1.00 bits per heavy atom. The number of methoxy groups -OCH3 is 4. The minimum atomic E-state index is -0.692. The summed E-state index contributed by atoms with van der Waals surface area (Å²) in [6.45, 7) is 1.59. The van der Waals surface area contributed by atoms with Crippen LogP contribution >= 0.6 is 12.4 Å². The van der Waals surface area contributed by atoms with E-state index in [1.807, 2.05) is 0 Å². The van der Waals surface area contributed by atoms with Crippen molar-refractivity contribution in [2.45, 2.75) is 13.0 Å². The summed E-state index contributed by atoms with van der Waals surface area (Å²) < 4.78 is 21.5. The summed E-state index contributed by atoms with van der Waals surface area (Å²) in [6, 6.07) is 10.1. The minimum Gasteiger partial charge on any atom is -0.495 e. The number of amides is 1. The third kappa shape index (κ3) is 5.81. The number of hydrogen-bond acceptors (Lipinski definition) is 7. The fraction of sp³-hybridized carbons (Fsp3) is 0.273. The second-order valence-corrected chi connectivity index (χ2v) is 6.29. The number of nitrogens with one attached hydrogen (secondary N) is 1. The predicted molar refractivity (Wildman–Crippen MR) is 121 cm³/mol. The fourth-order valence-electron chi connectivity index (χ4n) is 2.85. The smallest absolute Gasteiger partial charge is 0.241 e. The topological polar surface area (TPSA) is 116 Å². The first kappa shape index (κ1) is 25.6. The molecule has 2 aromatic rings. The van der Waals surface area contributed by atoms with Gasteiger partial charge in [-0.1, -0.05) is 6.07 Å². The van der Waals surface area contributed by atoms with E-state index in [2.05, 4.69) is 11.4 Å². The van der Waals surface area contributed by atoms with Gasteiger partial charge in [-0.3, -0.25) is 4.79 Å². The number of hydrogen-bond donors (Lipinski definition) is 2. The zero-order valence-corrected chi connectivity index (χ0v) is 18.8. The molecule has 31 heavy (non-hydrogen) atoms. The maximum absolute atomic E-state index is 12.1. The molecule has 0 radical (unpaired) electrons. The third-order valence-corrected chi connectivity index (χ3v) is 4.37. The van der Waals surface area contributed by atoms with Gasteiger partial charge in [-0.2, -0.15) is 5.26 Å². The van der Waals surface area contributed by atoms with Gasteiger partial charge in [-0.25, -0.2) is 0 Å². The molecule has 0 saturated carbocycles. The van der Waals surface area contributed by atoms with Crippen LogP contribution in [0.25, 0.3) is 5.57 Å². The van der Waals surface area contributed by atoms with Gasteiger partial charge in [0.05, 0.1) is 46.2 Å². The standard InChI is InChI=1S/C22H25N3O5.ClH/c1-13(24)22(26)25-17-10-14(6-7-18(17)27-2)16(8-9-23)15-11-19(28-3)21(30-5)20(12-15)29-4;/h6-8,10-13H,24H2,1-5H3,(H,25,26);1H/t13-;/m0./s1. The lowest BCUT2D eigenvalue weighted by Crippen LogP contribution is -2.32. The van der Waals surface area contributed by atoms with E-state index in [4.69, 9.17) is 24.7 Å².